The van der Waals surface area contributed by atoms with Crippen LogP contribution in [0.3, 0.4) is 0 Å². The molecule has 1 N–H and O–H groups in total. The molecule has 0 bridgehead atoms. The molecular formula is C26H26BrN3O3. The molecule has 0 amide bonds. The number of ether oxygens (including phenoxy) is 2. The predicted molar refractivity (Wildman–Crippen MR) is 132 cm³/mol. The van der Waals surface area contributed by atoms with Crippen LogP contribution in [-0.4, -0.2) is 28.3 Å². The van der Waals surface area contributed by atoms with Gasteiger partial charge in [0.2, 0.25) is 5.62 Å². The summed E-state index contributed by atoms with van der Waals surface area (Å²) in [5.74, 6) is 0.283. The number of aromatic nitrogens is 2. The van der Waals surface area contributed by atoms with Crippen LogP contribution in [0.1, 0.15) is 29.3 Å². The fourth-order valence-corrected chi connectivity index (χ4v) is 4.06. The van der Waals surface area contributed by atoms with Gasteiger partial charge in [-0.2, -0.15) is 0 Å². The van der Waals surface area contributed by atoms with E-state index in [2.05, 4.69) is 40.2 Å². The number of hydrogen-bond donors (Lipinski definition) is 1. The summed E-state index contributed by atoms with van der Waals surface area (Å²) < 4.78 is 16.0. The van der Waals surface area contributed by atoms with Crippen LogP contribution in [-0.2, 0) is 17.8 Å². The van der Waals surface area contributed by atoms with Gasteiger partial charge in [-0.25, -0.2) is 4.79 Å². The molecule has 0 atom stereocenters. The number of nitrogens with zero attached hydrogens (tertiary/aromatic N) is 2. The minimum Gasteiger partial charge on any atom is -0.494 e. The van der Waals surface area contributed by atoms with E-state index >= 15 is 0 Å². The zero-order valence-electron chi connectivity index (χ0n) is 18.5. The van der Waals surface area contributed by atoms with Crippen molar-refractivity contribution in [2.24, 2.45) is 0 Å². The number of esters is 1. The molecule has 1 heterocycles. The standard InChI is InChI=1S/C26H26BrN3O3/c1-2-32-25(31)20-7-5-8-22(17-20)33-16-6-15-29-23-9-3-4-10-24(23)30(26(29)28)18-19-11-13-21(27)14-12-19/h3-5,7-14,17,28H,2,6,15-16,18H2,1H3. The van der Waals surface area contributed by atoms with Crippen LogP contribution < -0.4 is 10.4 Å². The summed E-state index contributed by atoms with van der Waals surface area (Å²) in [4.78, 5) is 11.9. The first-order chi connectivity index (χ1) is 16.1. The van der Waals surface area contributed by atoms with Gasteiger partial charge >= 0.3 is 5.97 Å². The van der Waals surface area contributed by atoms with E-state index in [9.17, 15) is 4.79 Å². The van der Waals surface area contributed by atoms with Crippen LogP contribution in [0.15, 0.2) is 77.3 Å². The zero-order valence-corrected chi connectivity index (χ0v) is 20.0. The third-order valence-electron chi connectivity index (χ3n) is 5.37. The van der Waals surface area contributed by atoms with E-state index in [1.807, 2.05) is 39.5 Å². The highest BCUT2D eigenvalue weighted by Gasteiger charge is 2.11. The van der Waals surface area contributed by atoms with Gasteiger partial charge in [-0.05, 0) is 61.4 Å². The summed E-state index contributed by atoms with van der Waals surface area (Å²) in [6, 6.07) is 23.3. The number of para-hydroxylation sites is 2. The van der Waals surface area contributed by atoms with E-state index in [4.69, 9.17) is 14.9 Å². The minimum atomic E-state index is -0.351. The first-order valence-electron chi connectivity index (χ1n) is 10.9. The van der Waals surface area contributed by atoms with Crippen LogP contribution >= 0.6 is 15.9 Å². The average molecular weight is 508 g/mol. The van der Waals surface area contributed by atoms with E-state index in [1.165, 1.54) is 0 Å². The number of hydrogen-bond acceptors (Lipinski definition) is 4. The maximum Gasteiger partial charge on any atom is 0.338 e. The van der Waals surface area contributed by atoms with Crippen LogP contribution in [0, 0.1) is 5.41 Å². The third-order valence-corrected chi connectivity index (χ3v) is 5.90. The molecule has 0 aliphatic carbocycles. The van der Waals surface area contributed by atoms with Gasteiger partial charge in [-0.3, -0.25) is 5.41 Å². The van der Waals surface area contributed by atoms with Crippen molar-refractivity contribution < 1.29 is 14.3 Å². The monoisotopic (exact) mass is 507 g/mol. The summed E-state index contributed by atoms with van der Waals surface area (Å²) in [6.07, 6.45) is 0.729. The molecule has 4 rings (SSSR count). The molecule has 0 saturated heterocycles. The second-order valence-corrected chi connectivity index (χ2v) is 8.54. The highest BCUT2D eigenvalue weighted by atomic mass is 79.9. The number of imidazole rings is 1. The smallest absolute Gasteiger partial charge is 0.338 e. The molecule has 0 spiro atoms. The van der Waals surface area contributed by atoms with Gasteiger partial charge in [-0.1, -0.05) is 46.3 Å². The number of rotatable bonds is 9. The second kappa shape index (κ2) is 10.5. The number of halogens is 1. The van der Waals surface area contributed by atoms with Crippen molar-refractivity contribution >= 4 is 32.9 Å². The average Bonchev–Trinajstić information content (AvgIpc) is 3.09. The molecule has 0 radical (unpaired) electrons. The second-order valence-electron chi connectivity index (χ2n) is 7.63. The first kappa shape index (κ1) is 22.9. The van der Waals surface area contributed by atoms with Crippen molar-refractivity contribution in [3.8, 4) is 5.75 Å². The Morgan fingerprint density at radius 2 is 1.70 bits per heavy atom. The molecule has 7 heteroatoms. The summed E-state index contributed by atoms with van der Waals surface area (Å²) in [6.45, 7) is 3.89. The number of carbonyl (C=O) groups is 1. The van der Waals surface area contributed by atoms with Crippen molar-refractivity contribution in [1.82, 2.24) is 9.13 Å². The summed E-state index contributed by atoms with van der Waals surface area (Å²) in [7, 11) is 0. The topological polar surface area (TPSA) is 69.2 Å². The normalized spacial score (nSPS) is 11.0. The van der Waals surface area contributed by atoms with Crippen molar-refractivity contribution in [2.45, 2.75) is 26.4 Å². The Bertz CT molecular complexity index is 1310. The fourth-order valence-electron chi connectivity index (χ4n) is 3.79. The summed E-state index contributed by atoms with van der Waals surface area (Å²) in [5, 5.41) is 8.81. The molecular weight excluding hydrogens is 482 g/mol. The summed E-state index contributed by atoms with van der Waals surface area (Å²) in [5.41, 5.74) is 4.15. The lowest BCUT2D eigenvalue weighted by Crippen LogP contribution is -2.25. The number of benzene rings is 3. The van der Waals surface area contributed by atoms with E-state index in [0.717, 1.165) is 27.5 Å². The van der Waals surface area contributed by atoms with Crippen molar-refractivity contribution in [1.29, 1.82) is 5.41 Å². The fraction of sp³-hybridized carbons (Fsp3) is 0.231. The molecule has 3 aromatic carbocycles. The minimum absolute atomic E-state index is 0.339. The van der Waals surface area contributed by atoms with Crippen LogP contribution in [0.2, 0.25) is 0 Å². The molecule has 4 aromatic rings. The van der Waals surface area contributed by atoms with Gasteiger partial charge in [-0.15, -0.1) is 0 Å². The number of nitrogens with one attached hydrogen (secondary N) is 1. The number of carbonyl (C=O) groups excluding carboxylic acids is 1. The molecule has 170 valence electrons. The van der Waals surface area contributed by atoms with Crippen molar-refractivity contribution in [2.75, 3.05) is 13.2 Å². The van der Waals surface area contributed by atoms with Crippen molar-refractivity contribution in [3.05, 3.63) is 94.0 Å². The Labute approximate surface area is 201 Å². The Morgan fingerprint density at radius 1 is 0.970 bits per heavy atom. The van der Waals surface area contributed by atoms with Crippen molar-refractivity contribution in [3.63, 3.8) is 0 Å². The Morgan fingerprint density at radius 3 is 2.42 bits per heavy atom. The Balaban J connectivity index is 1.46. The largest absolute Gasteiger partial charge is 0.494 e. The van der Waals surface area contributed by atoms with Crippen LogP contribution in [0.25, 0.3) is 11.0 Å². The number of fused-ring (bicyclic) bond motifs is 1. The highest BCUT2D eigenvalue weighted by molar-refractivity contribution is 9.10. The van der Waals surface area contributed by atoms with Gasteiger partial charge < -0.3 is 18.6 Å². The first-order valence-corrected chi connectivity index (χ1v) is 11.7. The number of aryl methyl sites for hydroxylation is 1. The van der Waals surface area contributed by atoms with Crippen LogP contribution in [0.5, 0.6) is 5.75 Å². The van der Waals surface area contributed by atoms with E-state index < -0.39 is 0 Å². The van der Waals surface area contributed by atoms with Gasteiger partial charge in [0.15, 0.2) is 0 Å². The van der Waals surface area contributed by atoms with Gasteiger partial charge in [0.05, 0.1) is 36.4 Å². The Kier molecular flexibility index (Phi) is 7.29. The molecule has 0 aliphatic heterocycles. The molecule has 0 fully saturated rings. The lowest BCUT2D eigenvalue weighted by molar-refractivity contribution is 0.0526. The zero-order chi connectivity index (χ0) is 23.2. The maximum atomic E-state index is 11.9. The summed E-state index contributed by atoms with van der Waals surface area (Å²) >= 11 is 3.48. The van der Waals surface area contributed by atoms with E-state index in [0.29, 0.717) is 43.2 Å². The van der Waals surface area contributed by atoms with Crippen LogP contribution in [0.4, 0.5) is 0 Å². The Hall–Kier alpha value is -3.32. The van der Waals surface area contributed by atoms with E-state index in [1.54, 1.807) is 25.1 Å². The lowest BCUT2D eigenvalue weighted by atomic mass is 10.2. The quantitative estimate of drug-likeness (QED) is 0.244. The third kappa shape index (κ3) is 5.37. The SMILES string of the molecule is CCOC(=O)c1cccc(OCCCn2c(=N)n(Cc3ccc(Br)cc3)c3ccccc32)c1. The maximum absolute atomic E-state index is 11.9. The molecule has 33 heavy (non-hydrogen) atoms. The van der Waals surface area contributed by atoms with Gasteiger partial charge in [0.1, 0.15) is 5.75 Å². The predicted octanol–water partition coefficient (Wildman–Crippen LogP) is 5.38. The highest BCUT2D eigenvalue weighted by Crippen LogP contribution is 2.18. The molecule has 0 saturated carbocycles. The van der Waals surface area contributed by atoms with Gasteiger partial charge in [0, 0.05) is 11.0 Å². The van der Waals surface area contributed by atoms with Gasteiger partial charge in [0.25, 0.3) is 0 Å². The molecule has 6 nitrogen and oxygen atoms in total. The lowest BCUT2D eigenvalue weighted by Gasteiger charge is -2.09. The molecule has 0 aliphatic rings. The van der Waals surface area contributed by atoms with E-state index in [-0.39, 0.29) is 5.97 Å². The molecule has 1 aromatic heterocycles. The molecule has 0 unspecified atom stereocenters.